The number of carbonyl (C=O) groups excluding carboxylic acids is 1. The Labute approximate surface area is 319 Å². The summed E-state index contributed by atoms with van der Waals surface area (Å²) in [7, 11) is 7.93. The van der Waals surface area contributed by atoms with Gasteiger partial charge in [0, 0.05) is 27.9 Å². The first-order valence-corrected chi connectivity index (χ1v) is 18.0. The molecule has 2 N–H and O–H groups in total. The number of fused-ring (bicyclic) bond motifs is 1. The predicted octanol–water partition coefficient (Wildman–Crippen LogP) is 8.97. The van der Waals surface area contributed by atoms with Crippen LogP contribution in [-0.4, -0.2) is 59.8 Å². The average Bonchev–Trinajstić information content (AvgIpc) is 3.70. The van der Waals surface area contributed by atoms with Crippen LogP contribution in [0.25, 0.3) is 22.6 Å². The van der Waals surface area contributed by atoms with Crippen molar-refractivity contribution < 1.29 is 42.5 Å². The lowest BCUT2D eigenvalue weighted by atomic mass is 10.1. The van der Waals surface area contributed by atoms with Crippen molar-refractivity contribution >= 4 is 23.2 Å². The van der Waals surface area contributed by atoms with Crippen molar-refractivity contribution in [3.8, 4) is 62.8 Å². The number of nitrogens with zero attached hydrogens (tertiary/aromatic N) is 1. The summed E-state index contributed by atoms with van der Waals surface area (Å²) in [4.78, 5) is 12.7. The summed E-state index contributed by atoms with van der Waals surface area (Å²) in [5.74, 6) is 4.47. The van der Waals surface area contributed by atoms with Crippen LogP contribution in [0.3, 0.4) is 0 Å². The predicted molar refractivity (Wildman–Crippen MR) is 206 cm³/mol. The molecule has 13 heteroatoms. The van der Waals surface area contributed by atoms with Crippen molar-refractivity contribution in [2.75, 3.05) is 54.1 Å². The van der Waals surface area contributed by atoms with Crippen molar-refractivity contribution in [1.82, 2.24) is 10.5 Å². The third kappa shape index (κ3) is 8.71. The van der Waals surface area contributed by atoms with E-state index in [1.165, 1.54) is 0 Å². The molecule has 0 aliphatic carbocycles. The summed E-state index contributed by atoms with van der Waals surface area (Å²) in [5.41, 5.74) is 4.26. The summed E-state index contributed by atoms with van der Waals surface area (Å²) in [6, 6.07) is 22.0. The highest BCUT2D eigenvalue weighted by Gasteiger charge is 2.26. The Morgan fingerprint density at radius 1 is 0.630 bits per heavy atom. The molecular formula is C41H44ClN3O9. The maximum Gasteiger partial charge on any atom is 0.255 e. The number of amides is 1. The molecule has 5 aromatic rings. The Hall–Kier alpha value is -5.75. The monoisotopic (exact) mass is 757 g/mol. The van der Waals surface area contributed by atoms with E-state index in [1.807, 2.05) is 54.6 Å². The number of hydrogen-bond donors (Lipinski definition) is 2. The number of benzene rings is 4. The number of unbranched alkanes of at least 4 members (excludes halogenated alkanes) is 4. The number of nitrogens with one attached hydrogen (secondary N) is 2. The highest BCUT2D eigenvalue weighted by molar-refractivity contribution is 6.31. The van der Waals surface area contributed by atoms with Crippen molar-refractivity contribution in [3.05, 3.63) is 88.9 Å². The standard InChI is InChI=1S/C41H44ClN3O9/c1-47-32-15-11-25(34-24-31(45-54-34)27-21-37(49-3)39(51-5)38(22-27)50-4)19-36(32)53-18-10-8-6-7-9-17-52-33-16-12-26(20-35(33)48-2)40-43-30-14-13-28(42)23-29(30)41(46)44-40/h11-16,19-24,40,43H,6-10,17-18H2,1-5H3,(H,44,46). The molecule has 1 unspecified atom stereocenters. The number of halogens is 1. The van der Waals surface area contributed by atoms with Gasteiger partial charge in [0.1, 0.15) is 11.9 Å². The molecule has 6 rings (SSSR count). The van der Waals surface area contributed by atoms with Gasteiger partial charge in [0.15, 0.2) is 40.3 Å². The van der Waals surface area contributed by atoms with Crippen molar-refractivity contribution in [1.29, 1.82) is 0 Å². The van der Waals surface area contributed by atoms with E-state index in [0.29, 0.717) is 75.5 Å². The van der Waals surface area contributed by atoms with Gasteiger partial charge in [-0.2, -0.15) is 0 Å². The van der Waals surface area contributed by atoms with Gasteiger partial charge in [-0.1, -0.05) is 42.1 Å². The Balaban J connectivity index is 0.948. The number of anilines is 1. The highest BCUT2D eigenvalue weighted by Crippen LogP contribution is 2.42. The first-order chi connectivity index (χ1) is 26.3. The summed E-state index contributed by atoms with van der Waals surface area (Å²) in [6.45, 7) is 1.11. The molecule has 2 heterocycles. The van der Waals surface area contributed by atoms with Crippen molar-refractivity contribution in [3.63, 3.8) is 0 Å². The zero-order valence-electron chi connectivity index (χ0n) is 31.0. The normalized spacial score (nSPS) is 13.3. The molecular weight excluding hydrogens is 714 g/mol. The Morgan fingerprint density at radius 2 is 1.28 bits per heavy atom. The van der Waals surface area contributed by atoms with Crippen LogP contribution in [0.1, 0.15) is 54.2 Å². The first-order valence-electron chi connectivity index (χ1n) is 17.6. The largest absolute Gasteiger partial charge is 0.493 e. The Bertz CT molecular complexity index is 2040. The minimum atomic E-state index is -0.411. The zero-order valence-corrected chi connectivity index (χ0v) is 31.7. The molecule has 0 bridgehead atoms. The van der Waals surface area contributed by atoms with E-state index in [1.54, 1.807) is 53.7 Å². The van der Waals surface area contributed by atoms with Crippen molar-refractivity contribution in [2.45, 2.75) is 38.3 Å². The fourth-order valence-electron chi connectivity index (χ4n) is 6.20. The quantitative estimate of drug-likeness (QED) is 0.0831. The number of methoxy groups -OCH3 is 5. The molecule has 1 aromatic heterocycles. The van der Waals surface area contributed by atoms with Gasteiger partial charge < -0.3 is 48.3 Å². The van der Waals surface area contributed by atoms with Gasteiger partial charge in [0.05, 0.1) is 54.3 Å². The topological polar surface area (TPSA) is 132 Å². The number of rotatable bonds is 18. The van der Waals surface area contributed by atoms with Crippen LogP contribution in [0.2, 0.25) is 5.02 Å². The Morgan fingerprint density at radius 3 is 1.96 bits per heavy atom. The van der Waals surface area contributed by atoms with Crippen LogP contribution in [0.4, 0.5) is 5.69 Å². The molecule has 1 aliphatic rings. The van der Waals surface area contributed by atoms with Gasteiger partial charge in [-0.05, 0) is 79.1 Å². The molecule has 284 valence electrons. The SMILES string of the molecule is COc1cc(C2NC(=O)c3cc(Cl)ccc3N2)ccc1OCCCCCCCOc1cc(-c2cc(-c3cc(OC)c(OC)c(OC)c3)no2)ccc1OC. The number of carbonyl (C=O) groups is 1. The van der Waals surface area contributed by atoms with Gasteiger partial charge in [-0.25, -0.2) is 0 Å². The first kappa shape index (κ1) is 38.0. The molecule has 1 aliphatic heterocycles. The van der Waals surface area contributed by atoms with E-state index in [4.69, 9.17) is 49.3 Å². The lowest BCUT2D eigenvalue weighted by Gasteiger charge is -2.28. The lowest BCUT2D eigenvalue weighted by Crippen LogP contribution is -2.38. The maximum absolute atomic E-state index is 12.7. The summed E-state index contributed by atoms with van der Waals surface area (Å²) >= 11 is 6.07. The van der Waals surface area contributed by atoms with E-state index in [0.717, 1.165) is 54.5 Å². The Kier molecular flexibility index (Phi) is 12.6. The van der Waals surface area contributed by atoms with E-state index in [-0.39, 0.29) is 5.91 Å². The van der Waals surface area contributed by atoms with E-state index < -0.39 is 6.17 Å². The summed E-state index contributed by atoms with van der Waals surface area (Å²) in [5, 5.41) is 11.1. The van der Waals surface area contributed by atoms with Crippen LogP contribution in [0.5, 0.6) is 40.2 Å². The van der Waals surface area contributed by atoms with Crippen LogP contribution in [-0.2, 0) is 0 Å². The fourth-order valence-corrected chi connectivity index (χ4v) is 6.37. The smallest absolute Gasteiger partial charge is 0.255 e. The fraction of sp³-hybridized carbons (Fsp3) is 0.317. The molecule has 1 atom stereocenters. The number of ether oxygens (including phenoxy) is 7. The minimum Gasteiger partial charge on any atom is -0.493 e. The minimum absolute atomic E-state index is 0.191. The molecule has 12 nitrogen and oxygen atoms in total. The van der Waals surface area contributed by atoms with Crippen molar-refractivity contribution in [2.24, 2.45) is 0 Å². The molecule has 4 aromatic carbocycles. The van der Waals surface area contributed by atoms with Crippen LogP contribution in [0, 0.1) is 0 Å². The third-order valence-corrected chi connectivity index (χ3v) is 9.28. The van der Waals surface area contributed by atoms with Gasteiger partial charge in [-0.15, -0.1) is 0 Å². The molecule has 0 saturated carbocycles. The second-order valence-electron chi connectivity index (χ2n) is 12.5. The number of hydrogen-bond acceptors (Lipinski definition) is 11. The molecule has 1 amide bonds. The lowest BCUT2D eigenvalue weighted by molar-refractivity contribution is 0.0935. The van der Waals surface area contributed by atoms with E-state index >= 15 is 0 Å². The van der Waals surface area contributed by atoms with Gasteiger partial charge >= 0.3 is 0 Å². The molecule has 54 heavy (non-hydrogen) atoms. The summed E-state index contributed by atoms with van der Waals surface area (Å²) < 4.78 is 45.5. The van der Waals surface area contributed by atoms with Crippen LogP contribution < -0.4 is 43.8 Å². The molecule has 0 fully saturated rings. The highest BCUT2D eigenvalue weighted by atomic mass is 35.5. The van der Waals surface area contributed by atoms with Crippen LogP contribution >= 0.6 is 11.6 Å². The molecule has 0 spiro atoms. The van der Waals surface area contributed by atoms with E-state index in [9.17, 15) is 4.79 Å². The van der Waals surface area contributed by atoms with Gasteiger partial charge in [0.25, 0.3) is 5.91 Å². The second kappa shape index (κ2) is 17.8. The van der Waals surface area contributed by atoms with E-state index in [2.05, 4.69) is 15.8 Å². The van der Waals surface area contributed by atoms with Gasteiger partial charge in [-0.3, -0.25) is 4.79 Å². The maximum atomic E-state index is 12.7. The molecule has 0 saturated heterocycles. The number of aromatic nitrogens is 1. The third-order valence-electron chi connectivity index (χ3n) is 9.05. The van der Waals surface area contributed by atoms with Gasteiger partial charge in [0.2, 0.25) is 5.75 Å². The zero-order chi connectivity index (χ0) is 38.0. The second-order valence-corrected chi connectivity index (χ2v) is 12.9. The average molecular weight is 758 g/mol. The summed E-state index contributed by atoms with van der Waals surface area (Å²) in [6.07, 6.45) is 4.44. The van der Waals surface area contributed by atoms with Crippen LogP contribution in [0.15, 0.2) is 77.3 Å². The molecule has 0 radical (unpaired) electrons.